The van der Waals surface area contributed by atoms with E-state index in [1.807, 2.05) is 36.4 Å². The highest BCUT2D eigenvalue weighted by Gasteiger charge is 2.26. The minimum Gasteiger partial charge on any atom is -0.504 e. The lowest BCUT2D eigenvalue weighted by atomic mass is 10.0. The molecule has 0 saturated carbocycles. The summed E-state index contributed by atoms with van der Waals surface area (Å²) < 4.78 is 15.9. The van der Waals surface area contributed by atoms with E-state index in [0.717, 1.165) is 5.56 Å². The summed E-state index contributed by atoms with van der Waals surface area (Å²) in [6, 6.07) is 11.4. The summed E-state index contributed by atoms with van der Waals surface area (Å²) in [5, 5.41) is 11.0. The lowest BCUT2D eigenvalue weighted by Crippen LogP contribution is -2.02. The Balaban J connectivity index is 1.96. The number of furan rings is 1. The van der Waals surface area contributed by atoms with Crippen LogP contribution in [0.1, 0.15) is 15.9 Å². The molecule has 0 aliphatic heterocycles. The van der Waals surface area contributed by atoms with Crippen LogP contribution in [-0.2, 0) is 0 Å². The summed E-state index contributed by atoms with van der Waals surface area (Å²) in [5.41, 5.74) is 1.38. The summed E-state index contributed by atoms with van der Waals surface area (Å²) in [7, 11) is 2.83. The van der Waals surface area contributed by atoms with Crippen molar-refractivity contribution < 1.29 is 23.8 Å². The molecule has 5 heteroatoms. The van der Waals surface area contributed by atoms with Gasteiger partial charge in [-0.1, -0.05) is 48.6 Å². The first-order valence-electron chi connectivity index (χ1n) is 7.95. The van der Waals surface area contributed by atoms with Gasteiger partial charge in [-0.05, 0) is 17.7 Å². The van der Waals surface area contributed by atoms with Crippen molar-refractivity contribution in [1.29, 1.82) is 0 Å². The number of rotatable bonds is 6. The number of fused-ring (bicyclic) bond motifs is 1. The van der Waals surface area contributed by atoms with Crippen molar-refractivity contribution in [3.05, 3.63) is 72.0 Å². The highest BCUT2D eigenvalue weighted by molar-refractivity contribution is 6.13. The molecule has 3 rings (SSSR count). The van der Waals surface area contributed by atoms with Crippen LogP contribution in [0.4, 0.5) is 0 Å². The summed E-state index contributed by atoms with van der Waals surface area (Å²) in [5.74, 6) is -0.372. The molecule has 1 N–H and O–H groups in total. The number of hydrogen-bond donors (Lipinski definition) is 1. The van der Waals surface area contributed by atoms with Crippen LogP contribution in [0, 0.1) is 0 Å². The number of phenolic OH excluding ortho intramolecular Hbond substituents is 1. The van der Waals surface area contributed by atoms with E-state index in [1.165, 1.54) is 26.6 Å². The van der Waals surface area contributed by atoms with Crippen LogP contribution in [0.25, 0.3) is 17.0 Å². The maximum absolute atomic E-state index is 12.6. The normalized spacial score (nSPS) is 11.5. The lowest BCUT2D eigenvalue weighted by molar-refractivity contribution is 0.104. The second kappa shape index (κ2) is 7.61. The first-order chi connectivity index (χ1) is 12.7. The average Bonchev–Trinajstić information content (AvgIpc) is 3.14. The molecule has 0 spiro atoms. The van der Waals surface area contributed by atoms with Gasteiger partial charge in [0, 0.05) is 0 Å². The van der Waals surface area contributed by atoms with Crippen molar-refractivity contribution >= 4 is 22.8 Å². The van der Waals surface area contributed by atoms with Gasteiger partial charge in [-0.15, -0.1) is 0 Å². The Bertz CT molecular complexity index is 981. The zero-order valence-electron chi connectivity index (χ0n) is 14.4. The van der Waals surface area contributed by atoms with E-state index >= 15 is 0 Å². The second-order valence-corrected chi connectivity index (χ2v) is 5.45. The highest BCUT2D eigenvalue weighted by atomic mass is 16.5. The maximum Gasteiger partial charge on any atom is 0.205 e. The van der Waals surface area contributed by atoms with Crippen LogP contribution in [-0.4, -0.2) is 25.1 Å². The van der Waals surface area contributed by atoms with E-state index in [2.05, 4.69) is 0 Å². The number of ether oxygens (including phenoxy) is 2. The number of phenols is 1. The van der Waals surface area contributed by atoms with Crippen molar-refractivity contribution in [3.8, 4) is 17.2 Å². The van der Waals surface area contributed by atoms with Crippen LogP contribution >= 0.6 is 0 Å². The van der Waals surface area contributed by atoms with Gasteiger partial charge in [-0.3, -0.25) is 4.79 Å². The van der Waals surface area contributed by atoms with E-state index in [-0.39, 0.29) is 22.8 Å². The van der Waals surface area contributed by atoms with Crippen molar-refractivity contribution in [3.63, 3.8) is 0 Å². The SMILES string of the molecule is COc1c(C(=O)/C=C/C=C/c2ccccc2)c(O)c(OC)c2occc12. The minimum absolute atomic E-state index is 0.0302. The van der Waals surface area contributed by atoms with Crippen LogP contribution in [0.5, 0.6) is 17.2 Å². The summed E-state index contributed by atoms with van der Waals surface area (Å²) in [6.07, 6.45) is 8.05. The van der Waals surface area contributed by atoms with Crippen molar-refractivity contribution in [2.24, 2.45) is 0 Å². The van der Waals surface area contributed by atoms with Gasteiger partial charge in [-0.2, -0.15) is 0 Å². The van der Waals surface area contributed by atoms with E-state index in [9.17, 15) is 9.90 Å². The third-order valence-electron chi connectivity index (χ3n) is 3.90. The topological polar surface area (TPSA) is 68.9 Å². The van der Waals surface area contributed by atoms with E-state index in [4.69, 9.17) is 13.9 Å². The Kier molecular flexibility index (Phi) is 5.08. The molecule has 1 aromatic heterocycles. The molecule has 0 fully saturated rings. The highest BCUT2D eigenvalue weighted by Crippen LogP contribution is 2.45. The molecular formula is C21H18O5. The quantitative estimate of drug-likeness (QED) is 0.399. The van der Waals surface area contributed by atoms with Gasteiger partial charge in [0.1, 0.15) is 11.3 Å². The predicted molar refractivity (Wildman–Crippen MR) is 99.9 cm³/mol. The maximum atomic E-state index is 12.6. The molecule has 3 aromatic rings. The van der Waals surface area contributed by atoms with Gasteiger partial charge in [0.25, 0.3) is 0 Å². The van der Waals surface area contributed by atoms with Gasteiger partial charge in [0.2, 0.25) is 5.75 Å². The standard InChI is InChI=1S/C21H18O5/c1-24-19-15-12-13-26-20(15)21(25-2)18(23)17(19)16(22)11-7-6-10-14-8-4-3-5-9-14/h3-13,23H,1-2H3/b10-6+,11-7+. The number of hydrogen-bond acceptors (Lipinski definition) is 5. The van der Waals surface area contributed by atoms with Crippen LogP contribution in [0.15, 0.2) is 65.3 Å². The van der Waals surface area contributed by atoms with Gasteiger partial charge in [0.05, 0.1) is 25.9 Å². The fraction of sp³-hybridized carbons (Fsp3) is 0.0952. The third kappa shape index (κ3) is 3.19. The molecule has 0 aliphatic rings. The van der Waals surface area contributed by atoms with Crippen LogP contribution in [0.3, 0.4) is 0 Å². The summed E-state index contributed by atoms with van der Waals surface area (Å²) in [6.45, 7) is 0. The van der Waals surface area contributed by atoms with Gasteiger partial charge in [0.15, 0.2) is 17.1 Å². The van der Waals surface area contributed by atoms with Gasteiger partial charge < -0.3 is 19.0 Å². The molecule has 0 radical (unpaired) electrons. The molecule has 2 aromatic carbocycles. The number of allylic oxidation sites excluding steroid dienone is 3. The fourth-order valence-corrected chi connectivity index (χ4v) is 2.71. The molecule has 1 heterocycles. The average molecular weight is 350 g/mol. The van der Waals surface area contributed by atoms with Crippen LogP contribution in [0.2, 0.25) is 0 Å². The number of carbonyl (C=O) groups excluding carboxylic acids is 1. The first-order valence-corrected chi connectivity index (χ1v) is 7.95. The fourth-order valence-electron chi connectivity index (χ4n) is 2.71. The molecule has 5 nitrogen and oxygen atoms in total. The number of aromatic hydroxyl groups is 1. The monoisotopic (exact) mass is 350 g/mol. The minimum atomic E-state index is -0.404. The van der Waals surface area contributed by atoms with E-state index < -0.39 is 5.78 Å². The summed E-state index contributed by atoms with van der Waals surface area (Å²) >= 11 is 0. The molecule has 0 saturated heterocycles. The van der Waals surface area contributed by atoms with Crippen molar-refractivity contribution in [1.82, 2.24) is 0 Å². The predicted octanol–water partition coefficient (Wildman–Crippen LogP) is 4.61. The Morgan fingerprint density at radius 3 is 2.46 bits per heavy atom. The Labute approximate surface area is 150 Å². The molecule has 0 amide bonds. The molecular weight excluding hydrogens is 332 g/mol. The zero-order chi connectivity index (χ0) is 18.5. The Morgan fingerprint density at radius 1 is 1.04 bits per heavy atom. The Morgan fingerprint density at radius 2 is 1.77 bits per heavy atom. The smallest absolute Gasteiger partial charge is 0.205 e. The third-order valence-corrected chi connectivity index (χ3v) is 3.90. The lowest BCUT2D eigenvalue weighted by Gasteiger charge is -2.12. The molecule has 0 unspecified atom stereocenters. The van der Waals surface area contributed by atoms with Crippen LogP contribution < -0.4 is 9.47 Å². The molecule has 132 valence electrons. The number of benzene rings is 2. The summed E-state index contributed by atoms with van der Waals surface area (Å²) in [4.78, 5) is 12.6. The van der Waals surface area contributed by atoms with Crippen molar-refractivity contribution in [2.75, 3.05) is 14.2 Å². The molecule has 0 atom stereocenters. The largest absolute Gasteiger partial charge is 0.504 e. The number of carbonyl (C=O) groups is 1. The second-order valence-electron chi connectivity index (χ2n) is 5.45. The molecule has 0 bridgehead atoms. The zero-order valence-corrected chi connectivity index (χ0v) is 14.4. The number of ketones is 1. The van der Waals surface area contributed by atoms with E-state index in [0.29, 0.717) is 11.0 Å². The molecule has 0 aliphatic carbocycles. The first kappa shape index (κ1) is 17.4. The van der Waals surface area contributed by atoms with E-state index in [1.54, 1.807) is 18.2 Å². The van der Waals surface area contributed by atoms with Crippen molar-refractivity contribution in [2.45, 2.75) is 0 Å². The number of methoxy groups -OCH3 is 2. The molecule has 26 heavy (non-hydrogen) atoms. The van der Waals surface area contributed by atoms with Gasteiger partial charge >= 0.3 is 0 Å². The van der Waals surface area contributed by atoms with Gasteiger partial charge in [-0.25, -0.2) is 0 Å². The Hall–Kier alpha value is -3.47.